The predicted molar refractivity (Wildman–Crippen MR) is 130 cm³/mol. The Labute approximate surface area is 196 Å². The summed E-state index contributed by atoms with van der Waals surface area (Å²) in [6.45, 7) is 10.0. The fourth-order valence-corrected chi connectivity index (χ4v) is 3.92. The van der Waals surface area contributed by atoms with Gasteiger partial charge in [-0.1, -0.05) is 20.8 Å². The number of hydrogen-bond donors (Lipinski definition) is 3. The van der Waals surface area contributed by atoms with Gasteiger partial charge in [0.2, 0.25) is 0 Å². The zero-order valence-electron chi connectivity index (χ0n) is 20.0. The molecule has 0 aliphatic carbocycles. The van der Waals surface area contributed by atoms with E-state index >= 15 is 0 Å². The van der Waals surface area contributed by atoms with Gasteiger partial charge in [0.05, 0.1) is 19.8 Å². The maximum absolute atomic E-state index is 13.3. The Morgan fingerprint density at radius 1 is 1.18 bits per heavy atom. The van der Waals surface area contributed by atoms with Crippen LogP contribution in [0.1, 0.15) is 67.6 Å². The number of nitrogens with two attached hydrogens (primary N) is 1. The number of amidine groups is 1. The van der Waals surface area contributed by atoms with E-state index in [0.717, 1.165) is 29.7 Å². The second-order valence-corrected chi connectivity index (χ2v) is 9.34. The first-order valence-corrected chi connectivity index (χ1v) is 11.5. The van der Waals surface area contributed by atoms with Crippen LogP contribution in [0.5, 0.6) is 17.2 Å². The number of hydrogen-bond acceptors (Lipinski definition) is 6. The molecule has 178 valence electrons. The van der Waals surface area contributed by atoms with Gasteiger partial charge in [0.25, 0.3) is 0 Å². The standard InChI is InChI=1S/C26H35N3O4/c1-5-32-19-8-9-20-18(12-19)15-29(25(20)28)16-22(30)17-13-21(26(2,3)4)24(31)23(14-17)33-11-7-6-10-27/h8-9,12-14,28,31H,5-7,10-11,15-16,27H2,1-4H3. The molecule has 0 amide bonds. The molecule has 0 aromatic heterocycles. The number of fused-ring (bicyclic) bond motifs is 1. The molecule has 1 heterocycles. The van der Waals surface area contributed by atoms with E-state index in [1.165, 1.54) is 0 Å². The van der Waals surface area contributed by atoms with Crippen molar-refractivity contribution in [2.75, 3.05) is 26.3 Å². The van der Waals surface area contributed by atoms with Gasteiger partial charge in [-0.05, 0) is 67.6 Å². The van der Waals surface area contributed by atoms with Crippen LogP contribution >= 0.6 is 0 Å². The highest BCUT2D eigenvalue weighted by molar-refractivity contribution is 6.05. The number of rotatable bonds is 10. The minimum absolute atomic E-state index is 0.0663. The fourth-order valence-electron chi connectivity index (χ4n) is 3.92. The van der Waals surface area contributed by atoms with Crippen molar-refractivity contribution < 1.29 is 19.4 Å². The van der Waals surface area contributed by atoms with Crippen molar-refractivity contribution in [3.63, 3.8) is 0 Å². The molecule has 1 aliphatic heterocycles. The van der Waals surface area contributed by atoms with Crippen LogP contribution in [-0.2, 0) is 12.0 Å². The monoisotopic (exact) mass is 453 g/mol. The summed E-state index contributed by atoms with van der Waals surface area (Å²) in [6.07, 6.45) is 1.60. The van der Waals surface area contributed by atoms with Gasteiger partial charge in [-0.3, -0.25) is 10.2 Å². The third-order valence-corrected chi connectivity index (χ3v) is 5.72. The molecule has 1 aliphatic rings. The number of nitrogens with one attached hydrogen (secondary N) is 1. The molecule has 0 spiro atoms. The second kappa shape index (κ2) is 10.3. The molecule has 0 saturated carbocycles. The first-order valence-electron chi connectivity index (χ1n) is 11.5. The van der Waals surface area contributed by atoms with Gasteiger partial charge in [0, 0.05) is 23.2 Å². The maximum atomic E-state index is 13.3. The lowest BCUT2D eigenvalue weighted by Gasteiger charge is -2.24. The highest BCUT2D eigenvalue weighted by Crippen LogP contribution is 2.39. The van der Waals surface area contributed by atoms with Crippen LogP contribution in [0.15, 0.2) is 30.3 Å². The summed E-state index contributed by atoms with van der Waals surface area (Å²) in [6, 6.07) is 9.01. The Morgan fingerprint density at radius 2 is 1.94 bits per heavy atom. The van der Waals surface area contributed by atoms with Gasteiger partial charge in [-0.25, -0.2) is 0 Å². The number of unbranched alkanes of at least 4 members (excludes halogenated alkanes) is 1. The number of phenolic OH excluding ortho intramolecular Hbond substituents is 1. The number of ketones is 1. The van der Waals surface area contributed by atoms with Gasteiger partial charge in [-0.2, -0.15) is 0 Å². The minimum Gasteiger partial charge on any atom is -0.504 e. The molecule has 0 saturated heterocycles. The number of carbonyl (C=O) groups is 1. The summed E-state index contributed by atoms with van der Waals surface area (Å²) >= 11 is 0. The molecule has 0 unspecified atom stereocenters. The molecule has 3 rings (SSSR count). The van der Waals surface area contributed by atoms with Gasteiger partial charge in [0.1, 0.15) is 11.6 Å². The van der Waals surface area contributed by atoms with Crippen LogP contribution in [-0.4, -0.2) is 47.9 Å². The van der Waals surface area contributed by atoms with Crippen molar-refractivity contribution in [3.05, 3.63) is 52.6 Å². The number of carbonyl (C=O) groups excluding carboxylic acids is 1. The third kappa shape index (κ3) is 5.66. The summed E-state index contributed by atoms with van der Waals surface area (Å²) in [5, 5.41) is 19.3. The number of Topliss-reactive ketones (excluding diaryl/α,β-unsaturated/α-hetero) is 1. The largest absolute Gasteiger partial charge is 0.504 e. The predicted octanol–water partition coefficient (Wildman–Crippen LogP) is 4.23. The van der Waals surface area contributed by atoms with Gasteiger partial charge in [0.15, 0.2) is 17.3 Å². The average molecular weight is 454 g/mol. The van der Waals surface area contributed by atoms with Crippen molar-refractivity contribution in [2.24, 2.45) is 5.73 Å². The molecule has 7 nitrogen and oxygen atoms in total. The Hall–Kier alpha value is -3.06. The summed E-state index contributed by atoms with van der Waals surface area (Å²) in [5.74, 6) is 1.34. The lowest BCUT2D eigenvalue weighted by atomic mass is 9.84. The van der Waals surface area contributed by atoms with Gasteiger partial charge in [-0.15, -0.1) is 0 Å². The molecular formula is C26H35N3O4. The average Bonchev–Trinajstić information content (AvgIpc) is 3.06. The highest BCUT2D eigenvalue weighted by atomic mass is 16.5. The van der Waals surface area contributed by atoms with E-state index < -0.39 is 0 Å². The Kier molecular flexibility index (Phi) is 7.64. The zero-order chi connectivity index (χ0) is 24.2. The molecule has 7 heteroatoms. The van der Waals surface area contributed by atoms with Crippen molar-refractivity contribution in [2.45, 2.75) is 52.5 Å². The number of ether oxygens (including phenoxy) is 2. The molecule has 33 heavy (non-hydrogen) atoms. The minimum atomic E-state index is -0.373. The van der Waals surface area contributed by atoms with Gasteiger partial charge >= 0.3 is 0 Å². The third-order valence-electron chi connectivity index (χ3n) is 5.72. The first-order chi connectivity index (χ1) is 15.7. The Morgan fingerprint density at radius 3 is 2.61 bits per heavy atom. The van der Waals surface area contributed by atoms with Crippen LogP contribution in [0.2, 0.25) is 0 Å². The molecule has 0 atom stereocenters. The fraction of sp³-hybridized carbons (Fsp3) is 0.462. The van der Waals surface area contributed by atoms with Gasteiger partial charge < -0.3 is 25.2 Å². The molecule has 2 aromatic rings. The van der Waals surface area contributed by atoms with E-state index in [2.05, 4.69) is 0 Å². The van der Waals surface area contributed by atoms with E-state index in [0.29, 0.717) is 49.0 Å². The van der Waals surface area contributed by atoms with E-state index in [9.17, 15) is 9.90 Å². The zero-order valence-corrected chi connectivity index (χ0v) is 20.0. The summed E-state index contributed by atoms with van der Waals surface area (Å²) in [7, 11) is 0. The smallest absolute Gasteiger partial charge is 0.182 e. The summed E-state index contributed by atoms with van der Waals surface area (Å²) < 4.78 is 11.4. The van der Waals surface area contributed by atoms with E-state index in [4.69, 9.17) is 20.6 Å². The SMILES string of the molecule is CCOc1ccc2c(c1)CN(CC(=O)c1cc(OCCCCN)c(O)c(C(C)(C)C)c1)C2=N. The van der Waals surface area contributed by atoms with E-state index in [1.807, 2.05) is 45.9 Å². The van der Waals surface area contributed by atoms with Crippen LogP contribution in [0.25, 0.3) is 0 Å². The van der Waals surface area contributed by atoms with Crippen molar-refractivity contribution >= 4 is 11.6 Å². The highest BCUT2D eigenvalue weighted by Gasteiger charge is 2.28. The van der Waals surface area contributed by atoms with E-state index in [-0.39, 0.29) is 23.5 Å². The number of phenols is 1. The summed E-state index contributed by atoms with van der Waals surface area (Å²) in [4.78, 5) is 15.0. The summed E-state index contributed by atoms with van der Waals surface area (Å²) in [5.41, 5.74) is 8.09. The molecule has 0 bridgehead atoms. The van der Waals surface area contributed by atoms with E-state index in [1.54, 1.807) is 17.0 Å². The van der Waals surface area contributed by atoms with Crippen LogP contribution < -0.4 is 15.2 Å². The molecule has 2 aromatic carbocycles. The van der Waals surface area contributed by atoms with Crippen molar-refractivity contribution in [1.82, 2.24) is 4.90 Å². The normalized spacial score (nSPS) is 13.2. The Balaban J connectivity index is 1.82. The second-order valence-electron chi connectivity index (χ2n) is 9.34. The topological polar surface area (TPSA) is 109 Å². The van der Waals surface area contributed by atoms with Crippen LogP contribution in [0.3, 0.4) is 0 Å². The molecule has 4 N–H and O–H groups in total. The molecule has 0 radical (unpaired) electrons. The number of nitrogens with zero attached hydrogens (tertiary/aromatic N) is 1. The van der Waals surface area contributed by atoms with Crippen LogP contribution in [0, 0.1) is 5.41 Å². The quantitative estimate of drug-likeness (QED) is 0.367. The van der Waals surface area contributed by atoms with Crippen LogP contribution in [0.4, 0.5) is 0 Å². The first kappa shape index (κ1) is 24.6. The van der Waals surface area contributed by atoms with Crippen molar-refractivity contribution in [1.29, 1.82) is 5.41 Å². The lowest BCUT2D eigenvalue weighted by molar-refractivity contribution is 0.0962. The molecule has 0 fully saturated rings. The number of aromatic hydroxyl groups is 1. The maximum Gasteiger partial charge on any atom is 0.182 e. The lowest BCUT2D eigenvalue weighted by Crippen LogP contribution is -2.30. The molecular weight excluding hydrogens is 418 g/mol. The Bertz CT molecular complexity index is 1030. The van der Waals surface area contributed by atoms with Crippen molar-refractivity contribution in [3.8, 4) is 17.2 Å². The number of benzene rings is 2.